The molecule has 4 atom stereocenters. The van der Waals surface area contributed by atoms with Crippen molar-refractivity contribution in [3.63, 3.8) is 0 Å². The number of allylic oxidation sites excluding steroid dienone is 5. The topological polar surface area (TPSA) is 43.4 Å². The third-order valence-electron chi connectivity index (χ3n) is 5.48. The number of hydrogen-bond donors (Lipinski definition) is 0. The molecule has 1 fully saturated rings. The minimum atomic E-state index is -0.339. The van der Waals surface area contributed by atoms with Crippen molar-refractivity contribution in [1.29, 1.82) is 0 Å². The van der Waals surface area contributed by atoms with Crippen molar-refractivity contribution in [2.45, 2.75) is 40.0 Å². The van der Waals surface area contributed by atoms with Gasteiger partial charge >= 0.3 is 5.97 Å². The van der Waals surface area contributed by atoms with Gasteiger partial charge in [-0.15, -0.1) is 0 Å². The average Bonchev–Trinajstić information content (AvgIpc) is 2.72. The maximum atomic E-state index is 12.6. The highest BCUT2D eigenvalue weighted by Crippen LogP contribution is 2.50. The Morgan fingerprint density at radius 1 is 1.35 bits per heavy atom. The first-order valence-electron chi connectivity index (χ1n) is 8.32. The van der Waals surface area contributed by atoms with E-state index < -0.39 is 0 Å². The Hall–Kier alpha value is -1.90. The fraction of sp³-hybridized carbons (Fsp3) is 0.500. The van der Waals surface area contributed by atoms with Crippen LogP contribution < -0.4 is 0 Å². The molecule has 122 valence electrons. The normalized spacial score (nSPS) is 34.2. The molecule has 1 aliphatic heterocycles. The van der Waals surface area contributed by atoms with E-state index in [1.54, 1.807) is 6.92 Å². The maximum Gasteiger partial charge on any atom is 0.338 e. The molecule has 3 aliphatic rings. The molecular formula is C20H24O3. The molecule has 0 aromatic carbocycles. The monoisotopic (exact) mass is 312 g/mol. The predicted molar refractivity (Wildman–Crippen MR) is 89.3 cm³/mol. The zero-order valence-electron chi connectivity index (χ0n) is 14.1. The van der Waals surface area contributed by atoms with Crippen LogP contribution in [0.1, 0.15) is 40.0 Å². The minimum Gasteiger partial charge on any atom is -0.427 e. The molecule has 0 saturated heterocycles. The Kier molecular flexibility index (Phi) is 3.91. The van der Waals surface area contributed by atoms with Crippen LogP contribution in [0.5, 0.6) is 0 Å². The van der Waals surface area contributed by atoms with Crippen LogP contribution in [0.2, 0.25) is 0 Å². The van der Waals surface area contributed by atoms with Crippen molar-refractivity contribution in [2.24, 2.45) is 23.7 Å². The number of hydrogen-bond acceptors (Lipinski definition) is 3. The van der Waals surface area contributed by atoms with Crippen molar-refractivity contribution in [3.8, 4) is 0 Å². The molecule has 0 aromatic rings. The molecule has 3 heteroatoms. The van der Waals surface area contributed by atoms with Gasteiger partial charge in [-0.2, -0.15) is 0 Å². The van der Waals surface area contributed by atoms with Crippen LogP contribution in [-0.2, 0) is 14.3 Å². The Labute approximate surface area is 137 Å². The molecule has 23 heavy (non-hydrogen) atoms. The second-order valence-electron chi connectivity index (χ2n) is 7.25. The summed E-state index contributed by atoms with van der Waals surface area (Å²) in [5.74, 6) is 0.587. The molecule has 0 amide bonds. The minimum absolute atomic E-state index is 0.0361. The van der Waals surface area contributed by atoms with E-state index in [0.717, 1.165) is 24.0 Å². The molecule has 3 nitrogen and oxygen atoms in total. The van der Waals surface area contributed by atoms with Crippen molar-refractivity contribution in [2.75, 3.05) is 0 Å². The molecule has 3 rings (SSSR count). The molecule has 0 aromatic heterocycles. The molecule has 0 N–H and O–H groups in total. The summed E-state index contributed by atoms with van der Waals surface area (Å²) in [7, 11) is 0. The van der Waals surface area contributed by atoms with Gasteiger partial charge < -0.3 is 4.74 Å². The van der Waals surface area contributed by atoms with E-state index in [1.165, 1.54) is 0 Å². The fourth-order valence-electron chi connectivity index (χ4n) is 4.28. The van der Waals surface area contributed by atoms with Crippen molar-refractivity contribution in [3.05, 3.63) is 47.3 Å². The SMILES string of the molecule is C=C(C)C1CCC(=C)C2C3=C(OC(=O)C(C)=CC12)C(C)CC3=O. The van der Waals surface area contributed by atoms with Gasteiger partial charge in [0.1, 0.15) is 5.76 Å². The number of rotatable bonds is 1. The van der Waals surface area contributed by atoms with E-state index >= 15 is 0 Å². The van der Waals surface area contributed by atoms with Crippen LogP contribution in [0, 0.1) is 23.7 Å². The quantitative estimate of drug-likeness (QED) is 0.540. The number of Topliss-reactive ketones (excluding diaryl/α,β-unsaturated/α-hetero) is 1. The van der Waals surface area contributed by atoms with E-state index in [1.807, 2.05) is 19.9 Å². The Morgan fingerprint density at radius 3 is 2.70 bits per heavy atom. The summed E-state index contributed by atoms with van der Waals surface area (Å²) in [5.41, 5.74) is 3.48. The van der Waals surface area contributed by atoms with E-state index in [2.05, 4.69) is 13.2 Å². The van der Waals surface area contributed by atoms with Crippen LogP contribution in [-0.4, -0.2) is 11.8 Å². The predicted octanol–water partition coefficient (Wildman–Crippen LogP) is 4.13. The number of esters is 1. The van der Waals surface area contributed by atoms with Crippen LogP contribution in [0.25, 0.3) is 0 Å². The lowest BCUT2D eigenvalue weighted by molar-refractivity contribution is -0.135. The first-order chi connectivity index (χ1) is 10.8. The van der Waals surface area contributed by atoms with E-state index in [4.69, 9.17) is 4.74 Å². The summed E-state index contributed by atoms with van der Waals surface area (Å²) >= 11 is 0. The third kappa shape index (κ3) is 2.52. The zero-order chi connectivity index (χ0) is 16.9. The summed E-state index contributed by atoms with van der Waals surface area (Å²) in [6.07, 6.45) is 4.26. The molecule has 0 bridgehead atoms. The highest BCUT2D eigenvalue weighted by atomic mass is 16.5. The van der Waals surface area contributed by atoms with Crippen molar-refractivity contribution < 1.29 is 14.3 Å². The van der Waals surface area contributed by atoms with Gasteiger partial charge in [-0.1, -0.05) is 37.3 Å². The first kappa shape index (κ1) is 16.0. The van der Waals surface area contributed by atoms with Gasteiger partial charge in [0.05, 0.1) is 0 Å². The fourth-order valence-corrected chi connectivity index (χ4v) is 4.28. The summed E-state index contributed by atoms with van der Waals surface area (Å²) in [5, 5.41) is 0. The van der Waals surface area contributed by atoms with Crippen LogP contribution in [0.3, 0.4) is 0 Å². The molecule has 2 aliphatic carbocycles. The van der Waals surface area contributed by atoms with Gasteiger partial charge in [-0.25, -0.2) is 4.79 Å². The Balaban J connectivity index is 2.19. The largest absolute Gasteiger partial charge is 0.427 e. The van der Waals surface area contributed by atoms with Crippen LogP contribution in [0.15, 0.2) is 47.3 Å². The summed E-state index contributed by atoms with van der Waals surface area (Å²) in [6, 6.07) is 0. The summed E-state index contributed by atoms with van der Waals surface area (Å²) in [4.78, 5) is 24.9. The van der Waals surface area contributed by atoms with Crippen molar-refractivity contribution >= 4 is 11.8 Å². The highest BCUT2D eigenvalue weighted by Gasteiger charge is 2.45. The zero-order valence-corrected chi connectivity index (χ0v) is 14.1. The van der Waals surface area contributed by atoms with E-state index in [9.17, 15) is 9.59 Å². The second-order valence-corrected chi connectivity index (χ2v) is 7.25. The molecule has 1 heterocycles. The van der Waals surface area contributed by atoms with Crippen molar-refractivity contribution in [1.82, 2.24) is 0 Å². The maximum absolute atomic E-state index is 12.6. The van der Waals surface area contributed by atoms with E-state index in [0.29, 0.717) is 23.3 Å². The lowest BCUT2D eigenvalue weighted by atomic mass is 9.64. The number of carbonyl (C=O) groups is 2. The standard InChI is InChI=1S/C20H24O3/c1-10(2)14-7-6-11(3)17-15(14)8-13(5)20(22)23-19-12(4)9-16(21)18(17)19/h8,12,14-15,17H,1,3,6-7,9H2,2,4-5H3. The lowest BCUT2D eigenvalue weighted by Crippen LogP contribution is -2.34. The molecule has 1 saturated carbocycles. The number of carbonyl (C=O) groups excluding carboxylic acids is 2. The van der Waals surface area contributed by atoms with Gasteiger partial charge in [0.2, 0.25) is 0 Å². The van der Waals surface area contributed by atoms with Gasteiger partial charge in [0, 0.05) is 29.4 Å². The lowest BCUT2D eigenvalue weighted by Gasteiger charge is -2.40. The Bertz CT molecular complexity index is 677. The van der Waals surface area contributed by atoms with Gasteiger partial charge in [-0.05, 0) is 38.5 Å². The molecule has 0 radical (unpaired) electrons. The van der Waals surface area contributed by atoms with Gasteiger partial charge in [0.25, 0.3) is 0 Å². The van der Waals surface area contributed by atoms with Gasteiger partial charge in [-0.3, -0.25) is 4.79 Å². The summed E-state index contributed by atoms with van der Waals surface area (Å²) < 4.78 is 5.59. The number of ketones is 1. The number of fused-ring (bicyclic) bond motifs is 2. The van der Waals surface area contributed by atoms with Crippen LogP contribution in [0.4, 0.5) is 0 Å². The molecular weight excluding hydrogens is 288 g/mol. The molecule has 0 spiro atoms. The van der Waals surface area contributed by atoms with Crippen LogP contribution >= 0.6 is 0 Å². The average molecular weight is 312 g/mol. The van der Waals surface area contributed by atoms with Gasteiger partial charge in [0.15, 0.2) is 5.78 Å². The van der Waals surface area contributed by atoms with E-state index in [-0.39, 0.29) is 35.4 Å². The first-order valence-corrected chi connectivity index (χ1v) is 8.32. The smallest absolute Gasteiger partial charge is 0.338 e. The second kappa shape index (κ2) is 5.63. The molecule has 4 unspecified atom stereocenters. The Morgan fingerprint density at radius 2 is 2.04 bits per heavy atom. The highest BCUT2D eigenvalue weighted by molar-refractivity contribution is 6.01. The summed E-state index contributed by atoms with van der Waals surface area (Å²) in [6.45, 7) is 14.2. The third-order valence-corrected chi connectivity index (χ3v) is 5.48. The number of ether oxygens (including phenoxy) is 1.